The van der Waals surface area contributed by atoms with Crippen LogP contribution in [0.4, 0.5) is 0 Å². The van der Waals surface area contributed by atoms with E-state index in [1.54, 1.807) is 24.3 Å². The van der Waals surface area contributed by atoms with E-state index in [4.69, 9.17) is 14.9 Å². The largest absolute Gasteiger partial charge is 0.484 e. The lowest BCUT2D eigenvalue weighted by Gasteiger charge is -2.12. The van der Waals surface area contributed by atoms with E-state index < -0.39 is 24.5 Å². The molecule has 1 aromatic carbocycles. The van der Waals surface area contributed by atoms with Gasteiger partial charge in [-0.05, 0) is 18.2 Å². The Bertz CT molecular complexity index is 437. The van der Waals surface area contributed by atoms with E-state index in [0.717, 1.165) is 4.47 Å². The molecular formula is C11H12BrNO5. The Labute approximate surface area is 112 Å². The van der Waals surface area contributed by atoms with Gasteiger partial charge in [0.2, 0.25) is 0 Å². The van der Waals surface area contributed by atoms with Crippen LogP contribution in [-0.2, 0) is 9.59 Å². The van der Waals surface area contributed by atoms with Gasteiger partial charge in [-0.2, -0.15) is 0 Å². The summed E-state index contributed by atoms with van der Waals surface area (Å²) < 4.78 is 5.96. The minimum absolute atomic E-state index is 0.319. The predicted molar refractivity (Wildman–Crippen MR) is 66.3 cm³/mol. The van der Waals surface area contributed by atoms with E-state index in [1.807, 2.05) is 0 Å². The number of aliphatic carboxylic acids is 1. The van der Waals surface area contributed by atoms with Crippen LogP contribution in [0.15, 0.2) is 28.7 Å². The Morgan fingerprint density at radius 2 is 2.17 bits per heavy atom. The van der Waals surface area contributed by atoms with Crippen molar-refractivity contribution < 1.29 is 24.5 Å². The molecule has 1 unspecified atom stereocenters. The maximum absolute atomic E-state index is 11.4. The third-order valence-corrected chi connectivity index (χ3v) is 2.48. The highest BCUT2D eigenvalue weighted by Crippen LogP contribution is 2.17. The summed E-state index contributed by atoms with van der Waals surface area (Å²) in [5.41, 5.74) is 0. The number of hydrogen-bond acceptors (Lipinski definition) is 4. The van der Waals surface area contributed by atoms with Crippen LogP contribution in [0.2, 0.25) is 0 Å². The molecule has 1 aromatic rings. The molecule has 6 nitrogen and oxygen atoms in total. The van der Waals surface area contributed by atoms with Gasteiger partial charge in [-0.15, -0.1) is 0 Å². The summed E-state index contributed by atoms with van der Waals surface area (Å²) in [6, 6.07) is 5.57. The summed E-state index contributed by atoms with van der Waals surface area (Å²) >= 11 is 3.25. The van der Waals surface area contributed by atoms with E-state index >= 15 is 0 Å². The Balaban J connectivity index is 2.44. The van der Waals surface area contributed by atoms with Crippen molar-refractivity contribution in [2.45, 2.75) is 6.04 Å². The number of carboxylic acids is 1. The molecule has 1 rings (SSSR count). The van der Waals surface area contributed by atoms with Crippen molar-refractivity contribution in [2.24, 2.45) is 0 Å². The molecule has 0 aliphatic rings. The van der Waals surface area contributed by atoms with Crippen molar-refractivity contribution in [1.29, 1.82) is 0 Å². The fraction of sp³-hybridized carbons (Fsp3) is 0.273. The summed E-state index contributed by atoms with van der Waals surface area (Å²) in [5.74, 6) is -1.43. The molecule has 3 N–H and O–H groups in total. The summed E-state index contributed by atoms with van der Waals surface area (Å²) in [7, 11) is 0. The molecule has 0 aliphatic carbocycles. The first-order valence-corrected chi connectivity index (χ1v) is 5.83. The molecule has 0 fully saturated rings. The van der Waals surface area contributed by atoms with Crippen molar-refractivity contribution in [3.05, 3.63) is 28.7 Å². The number of hydrogen-bond donors (Lipinski definition) is 3. The number of ether oxygens (including phenoxy) is 1. The highest BCUT2D eigenvalue weighted by molar-refractivity contribution is 9.10. The third kappa shape index (κ3) is 4.72. The molecule has 98 valence electrons. The number of benzene rings is 1. The molecule has 0 saturated heterocycles. The Morgan fingerprint density at radius 1 is 1.44 bits per heavy atom. The molecule has 1 amide bonds. The van der Waals surface area contributed by atoms with Crippen LogP contribution in [-0.4, -0.2) is 41.3 Å². The fourth-order valence-corrected chi connectivity index (χ4v) is 1.51. The average molecular weight is 318 g/mol. The van der Waals surface area contributed by atoms with Gasteiger partial charge in [0, 0.05) is 4.47 Å². The van der Waals surface area contributed by atoms with Crippen molar-refractivity contribution in [1.82, 2.24) is 5.32 Å². The first-order chi connectivity index (χ1) is 8.52. The molecule has 0 bridgehead atoms. The smallest absolute Gasteiger partial charge is 0.328 e. The first-order valence-electron chi connectivity index (χ1n) is 5.04. The number of carbonyl (C=O) groups excluding carboxylic acids is 1. The fourth-order valence-electron chi connectivity index (χ4n) is 1.13. The number of rotatable bonds is 6. The van der Waals surface area contributed by atoms with Crippen molar-refractivity contribution in [3.8, 4) is 5.75 Å². The molecular weight excluding hydrogens is 306 g/mol. The van der Waals surface area contributed by atoms with Crippen molar-refractivity contribution in [3.63, 3.8) is 0 Å². The van der Waals surface area contributed by atoms with Crippen LogP contribution in [0.1, 0.15) is 0 Å². The molecule has 0 aromatic heterocycles. The Kier molecular flexibility index (Phi) is 5.60. The van der Waals surface area contributed by atoms with E-state index in [2.05, 4.69) is 21.2 Å². The van der Waals surface area contributed by atoms with Gasteiger partial charge in [-0.1, -0.05) is 22.0 Å². The summed E-state index contributed by atoms with van der Waals surface area (Å²) in [6.45, 7) is -0.988. The van der Waals surface area contributed by atoms with Crippen molar-refractivity contribution >= 4 is 27.8 Å². The highest BCUT2D eigenvalue weighted by Gasteiger charge is 2.18. The molecule has 0 heterocycles. The zero-order valence-corrected chi connectivity index (χ0v) is 10.9. The second-order valence-corrected chi connectivity index (χ2v) is 4.30. The van der Waals surface area contributed by atoms with Gasteiger partial charge in [0.15, 0.2) is 6.61 Å². The van der Waals surface area contributed by atoms with Crippen molar-refractivity contribution in [2.75, 3.05) is 13.2 Å². The van der Waals surface area contributed by atoms with Gasteiger partial charge in [-0.3, -0.25) is 4.79 Å². The van der Waals surface area contributed by atoms with Crippen LogP contribution in [0.25, 0.3) is 0 Å². The lowest BCUT2D eigenvalue weighted by atomic mass is 10.3. The van der Waals surface area contributed by atoms with Gasteiger partial charge in [0.25, 0.3) is 5.91 Å². The summed E-state index contributed by atoms with van der Waals surface area (Å²) in [4.78, 5) is 21.9. The van der Waals surface area contributed by atoms with Crippen LogP contribution in [0.3, 0.4) is 0 Å². The summed E-state index contributed by atoms with van der Waals surface area (Å²) in [5, 5.41) is 19.5. The minimum atomic E-state index is -1.32. The molecule has 0 saturated carbocycles. The molecule has 1 atom stereocenters. The minimum Gasteiger partial charge on any atom is -0.484 e. The van der Waals surface area contributed by atoms with E-state index in [9.17, 15) is 9.59 Å². The number of nitrogens with one attached hydrogen (secondary N) is 1. The van der Waals surface area contributed by atoms with Gasteiger partial charge in [0.05, 0.1) is 6.61 Å². The second-order valence-electron chi connectivity index (χ2n) is 3.39. The maximum Gasteiger partial charge on any atom is 0.328 e. The third-order valence-electron chi connectivity index (χ3n) is 1.98. The molecule has 0 radical (unpaired) electrons. The quantitative estimate of drug-likeness (QED) is 0.705. The van der Waals surface area contributed by atoms with Crippen LogP contribution < -0.4 is 10.1 Å². The number of halogens is 1. The number of carboxylic acid groups (broad SMARTS) is 1. The van der Waals surface area contributed by atoms with Gasteiger partial charge in [-0.25, -0.2) is 4.79 Å². The summed E-state index contributed by atoms with van der Waals surface area (Å²) in [6.07, 6.45) is 0. The predicted octanol–water partition coefficient (Wildman–Crippen LogP) is 0.390. The van der Waals surface area contributed by atoms with Gasteiger partial charge in [0.1, 0.15) is 11.8 Å². The Morgan fingerprint density at radius 3 is 2.72 bits per heavy atom. The molecule has 7 heteroatoms. The lowest BCUT2D eigenvalue weighted by molar-refractivity contribution is -0.143. The molecule has 18 heavy (non-hydrogen) atoms. The number of aliphatic hydroxyl groups excluding tert-OH is 1. The standard InChI is InChI=1S/C11H12BrNO5/c12-7-2-1-3-8(4-7)18-6-10(15)13-9(5-14)11(16)17/h1-4,9,14H,5-6H2,(H,13,15)(H,16,17). The molecule has 0 spiro atoms. The average Bonchev–Trinajstić information content (AvgIpc) is 2.33. The second kappa shape index (κ2) is 6.97. The van der Waals surface area contributed by atoms with E-state index in [-0.39, 0.29) is 6.61 Å². The highest BCUT2D eigenvalue weighted by atomic mass is 79.9. The first kappa shape index (κ1) is 14.5. The van der Waals surface area contributed by atoms with Crippen LogP contribution >= 0.6 is 15.9 Å². The lowest BCUT2D eigenvalue weighted by Crippen LogP contribution is -2.45. The van der Waals surface area contributed by atoms with Gasteiger partial charge >= 0.3 is 5.97 Å². The van der Waals surface area contributed by atoms with Crippen LogP contribution in [0, 0.1) is 0 Å². The zero-order valence-electron chi connectivity index (χ0n) is 9.30. The monoisotopic (exact) mass is 317 g/mol. The normalized spacial score (nSPS) is 11.7. The van der Waals surface area contributed by atoms with E-state index in [0.29, 0.717) is 5.75 Å². The van der Waals surface area contributed by atoms with Crippen LogP contribution in [0.5, 0.6) is 5.75 Å². The molecule has 0 aliphatic heterocycles. The number of carbonyl (C=O) groups is 2. The SMILES string of the molecule is O=C(COc1cccc(Br)c1)NC(CO)C(=O)O. The number of amides is 1. The zero-order chi connectivity index (χ0) is 13.5. The number of aliphatic hydroxyl groups is 1. The van der Waals surface area contributed by atoms with E-state index in [1.165, 1.54) is 0 Å². The van der Waals surface area contributed by atoms with Gasteiger partial charge < -0.3 is 20.3 Å². The Hall–Kier alpha value is -1.60. The topological polar surface area (TPSA) is 95.9 Å². The maximum atomic E-state index is 11.4.